The van der Waals surface area contributed by atoms with Crippen molar-refractivity contribution in [2.45, 2.75) is 38.8 Å². The summed E-state index contributed by atoms with van der Waals surface area (Å²) in [6.07, 6.45) is 3.78. The summed E-state index contributed by atoms with van der Waals surface area (Å²) in [5, 5.41) is 5.68. The predicted octanol–water partition coefficient (Wildman–Crippen LogP) is 2.51. The summed E-state index contributed by atoms with van der Waals surface area (Å²) in [7, 11) is 1.42. The lowest BCUT2D eigenvalue weighted by Gasteiger charge is -2.29. The average Bonchev–Trinajstić information content (AvgIpc) is 2.54. The lowest BCUT2D eigenvalue weighted by molar-refractivity contribution is 0.203. The van der Waals surface area contributed by atoms with Gasteiger partial charge in [0.05, 0.1) is 7.11 Å². The molecule has 2 N–H and O–H groups in total. The second-order valence-corrected chi connectivity index (χ2v) is 6.06. The van der Waals surface area contributed by atoms with Crippen molar-refractivity contribution in [2.24, 2.45) is 0 Å². The van der Waals surface area contributed by atoms with E-state index in [1.54, 1.807) is 12.1 Å². The molecule has 5 nitrogen and oxygen atoms in total. The Labute approximate surface area is 137 Å². The number of hydrogen-bond acceptors (Lipinski definition) is 3. The van der Waals surface area contributed by atoms with E-state index in [0.29, 0.717) is 5.56 Å². The lowest BCUT2D eigenvalue weighted by Crippen LogP contribution is -2.46. The second kappa shape index (κ2) is 8.72. The highest BCUT2D eigenvalue weighted by atomic mass is 19.1. The molecule has 0 aromatic heterocycles. The van der Waals surface area contributed by atoms with Gasteiger partial charge in [-0.1, -0.05) is 12.5 Å². The number of urea groups is 1. The van der Waals surface area contributed by atoms with Crippen LogP contribution in [0, 0.1) is 5.82 Å². The monoisotopic (exact) mass is 323 g/mol. The second-order valence-electron chi connectivity index (χ2n) is 6.06. The first-order valence-corrected chi connectivity index (χ1v) is 8.17. The van der Waals surface area contributed by atoms with Crippen LogP contribution in [-0.4, -0.2) is 43.7 Å². The van der Waals surface area contributed by atoms with Gasteiger partial charge in [0, 0.05) is 19.1 Å². The van der Waals surface area contributed by atoms with Crippen molar-refractivity contribution >= 4 is 6.03 Å². The topological polar surface area (TPSA) is 53.6 Å². The fraction of sp³-hybridized carbons (Fsp3) is 0.588. The number of amides is 2. The van der Waals surface area contributed by atoms with Gasteiger partial charge in [0.25, 0.3) is 0 Å². The highest BCUT2D eigenvalue weighted by Gasteiger charge is 2.14. The smallest absolute Gasteiger partial charge is 0.315 e. The van der Waals surface area contributed by atoms with Crippen molar-refractivity contribution in [3.05, 3.63) is 29.6 Å². The van der Waals surface area contributed by atoms with Gasteiger partial charge in [-0.2, -0.15) is 0 Å². The summed E-state index contributed by atoms with van der Waals surface area (Å²) in [6.45, 7) is 5.37. The third-order valence-electron chi connectivity index (χ3n) is 4.03. The number of likely N-dealkylation sites (tertiary alicyclic amines) is 1. The molecule has 0 bridgehead atoms. The first-order valence-electron chi connectivity index (χ1n) is 8.17. The summed E-state index contributed by atoms with van der Waals surface area (Å²) >= 11 is 0. The number of methoxy groups -OCH3 is 1. The van der Waals surface area contributed by atoms with E-state index in [1.165, 1.54) is 32.4 Å². The van der Waals surface area contributed by atoms with Crippen LogP contribution in [-0.2, 0) is 6.54 Å². The van der Waals surface area contributed by atoms with E-state index in [2.05, 4.69) is 15.5 Å². The van der Waals surface area contributed by atoms with Crippen LogP contribution in [0.15, 0.2) is 18.2 Å². The fourth-order valence-electron chi connectivity index (χ4n) is 2.85. The van der Waals surface area contributed by atoms with Crippen LogP contribution < -0.4 is 15.4 Å². The first kappa shape index (κ1) is 17.5. The molecule has 23 heavy (non-hydrogen) atoms. The zero-order chi connectivity index (χ0) is 16.7. The fourth-order valence-corrected chi connectivity index (χ4v) is 2.85. The van der Waals surface area contributed by atoms with Crippen LogP contribution in [0.2, 0.25) is 0 Å². The van der Waals surface area contributed by atoms with Crippen molar-refractivity contribution in [1.82, 2.24) is 15.5 Å². The summed E-state index contributed by atoms with van der Waals surface area (Å²) in [5.41, 5.74) is 0.696. The molecule has 1 saturated heterocycles. The van der Waals surface area contributed by atoms with E-state index in [4.69, 9.17) is 4.74 Å². The van der Waals surface area contributed by atoms with Gasteiger partial charge in [0.2, 0.25) is 0 Å². The summed E-state index contributed by atoms with van der Waals surface area (Å²) in [4.78, 5) is 14.3. The van der Waals surface area contributed by atoms with Gasteiger partial charge >= 0.3 is 6.03 Å². The van der Waals surface area contributed by atoms with Gasteiger partial charge in [0.1, 0.15) is 0 Å². The van der Waals surface area contributed by atoms with Gasteiger partial charge in [-0.25, -0.2) is 9.18 Å². The molecule has 0 aliphatic carbocycles. The van der Waals surface area contributed by atoms with Crippen LogP contribution in [0.5, 0.6) is 5.75 Å². The number of hydrogen-bond donors (Lipinski definition) is 2. The highest BCUT2D eigenvalue weighted by Crippen LogP contribution is 2.17. The van der Waals surface area contributed by atoms with Crippen LogP contribution in [0.3, 0.4) is 0 Å². The van der Waals surface area contributed by atoms with E-state index in [-0.39, 0.29) is 24.4 Å². The molecule has 1 aromatic carbocycles. The van der Waals surface area contributed by atoms with Gasteiger partial charge < -0.3 is 20.3 Å². The quantitative estimate of drug-likeness (QED) is 0.846. The Morgan fingerprint density at radius 1 is 1.35 bits per heavy atom. The predicted molar refractivity (Wildman–Crippen MR) is 88.1 cm³/mol. The zero-order valence-corrected chi connectivity index (χ0v) is 13.9. The van der Waals surface area contributed by atoms with Crippen molar-refractivity contribution in [3.63, 3.8) is 0 Å². The van der Waals surface area contributed by atoms with E-state index in [0.717, 1.165) is 19.6 Å². The molecular formula is C17H26FN3O2. The standard InChI is InChI=1S/C17H26FN3O2/c1-13(12-21-8-4-3-5-9-21)20-17(22)19-11-14-6-7-16(23-2)15(18)10-14/h6-7,10,13H,3-5,8-9,11-12H2,1-2H3,(H2,19,20,22). The molecule has 1 atom stereocenters. The molecule has 1 aliphatic rings. The lowest BCUT2D eigenvalue weighted by atomic mass is 10.1. The normalized spacial score (nSPS) is 16.7. The van der Waals surface area contributed by atoms with Gasteiger partial charge in [0.15, 0.2) is 11.6 Å². The number of nitrogens with one attached hydrogen (secondary N) is 2. The largest absolute Gasteiger partial charge is 0.494 e. The number of benzene rings is 1. The van der Waals surface area contributed by atoms with E-state index < -0.39 is 5.82 Å². The average molecular weight is 323 g/mol. The Morgan fingerprint density at radius 2 is 2.09 bits per heavy atom. The summed E-state index contributed by atoms with van der Waals surface area (Å²) in [5.74, 6) is -0.223. The highest BCUT2D eigenvalue weighted by molar-refractivity contribution is 5.74. The van der Waals surface area contributed by atoms with Crippen LogP contribution >= 0.6 is 0 Å². The minimum atomic E-state index is -0.425. The molecule has 1 heterocycles. The van der Waals surface area contributed by atoms with Crippen LogP contribution in [0.1, 0.15) is 31.7 Å². The van der Waals surface area contributed by atoms with E-state index in [1.807, 2.05) is 6.92 Å². The van der Waals surface area contributed by atoms with Gasteiger partial charge in [-0.3, -0.25) is 0 Å². The molecule has 6 heteroatoms. The number of halogens is 1. The molecule has 128 valence electrons. The number of ether oxygens (including phenoxy) is 1. The van der Waals surface area contributed by atoms with Gasteiger partial charge in [-0.05, 0) is 50.6 Å². The summed E-state index contributed by atoms with van der Waals surface area (Å²) < 4.78 is 18.5. The number of piperidine rings is 1. The van der Waals surface area contributed by atoms with Crippen LogP contribution in [0.25, 0.3) is 0 Å². The van der Waals surface area contributed by atoms with Crippen LogP contribution in [0.4, 0.5) is 9.18 Å². The minimum Gasteiger partial charge on any atom is -0.494 e. The molecular weight excluding hydrogens is 297 g/mol. The molecule has 1 aliphatic heterocycles. The Hall–Kier alpha value is -1.82. The van der Waals surface area contributed by atoms with Crippen molar-refractivity contribution in [1.29, 1.82) is 0 Å². The van der Waals surface area contributed by atoms with E-state index >= 15 is 0 Å². The number of carbonyl (C=O) groups is 1. The molecule has 1 unspecified atom stereocenters. The SMILES string of the molecule is COc1ccc(CNC(=O)NC(C)CN2CCCCC2)cc1F. The molecule has 0 spiro atoms. The third kappa shape index (κ3) is 5.71. The zero-order valence-electron chi connectivity index (χ0n) is 13.9. The van der Waals surface area contributed by atoms with Gasteiger partial charge in [-0.15, -0.1) is 0 Å². The Morgan fingerprint density at radius 3 is 2.74 bits per heavy atom. The Balaban J connectivity index is 1.72. The number of rotatable bonds is 6. The number of carbonyl (C=O) groups excluding carboxylic acids is 1. The molecule has 1 fully saturated rings. The van der Waals surface area contributed by atoms with Crippen molar-refractivity contribution < 1.29 is 13.9 Å². The summed E-state index contributed by atoms with van der Waals surface area (Å²) in [6, 6.07) is 4.52. The van der Waals surface area contributed by atoms with Crippen molar-refractivity contribution in [3.8, 4) is 5.75 Å². The molecule has 0 radical (unpaired) electrons. The third-order valence-corrected chi connectivity index (χ3v) is 4.03. The maximum Gasteiger partial charge on any atom is 0.315 e. The maximum atomic E-state index is 13.6. The maximum absolute atomic E-state index is 13.6. The Kier molecular flexibility index (Phi) is 6.65. The van der Waals surface area contributed by atoms with Crippen molar-refractivity contribution in [2.75, 3.05) is 26.7 Å². The Bertz CT molecular complexity index is 519. The molecule has 0 saturated carbocycles. The molecule has 1 aromatic rings. The minimum absolute atomic E-state index is 0.0840. The first-order chi connectivity index (χ1) is 11.1. The van der Waals surface area contributed by atoms with E-state index in [9.17, 15) is 9.18 Å². The molecule has 2 amide bonds. The molecule has 2 rings (SSSR count). The number of nitrogens with zero attached hydrogens (tertiary/aromatic N) is 1.